The molecule has 0 radical (unpaired) electrons. The fourth-order valence-corrected chi connectivity index (χ4v) is 2.44. The summed E-state index contributed by atoms with van der Waals surface area (Å²) in [6.45, 7) is 8.09. The van der Waals surface area contributed by atoms with Crippen LogP contribution in [0.3, 0.4) is 0 Å². The van der Waals surface area contributed by atoms with Crippen LogP contribution in [0.1, 0.15) is 27.2 Å². The molecule has 0 atom stereocenters. The van der Waals surface area contributed by atoms with Gasteiger partial charge in [-0.05, 0) is 25.9 Å². The van der Waals surface area contributed by atoms with Crippen molar-refractivity contribution in [3.63, 3.8) is 0 Å². The third-order valence-electron chi connectivity index (χ3n) is 3.17. The minimum Gasteiger partial charge on any atom is -0.383 e. The van der Waals surface area contributed by atoms with Crippen molar-refractivity contribution in [2.45, 2.75) is 33.7 Å². The van der Waals surface area contributed by atoms with E-state index in [4.69, 9.17) is 5.73 Å². The Hall–Kier alpha value is -1.76. The molecule has 4 N–H and O–H groups in total. The maximum Gasteiger partial charge on any atom is 0.330 e. The van der Waals surface area contributed by atoms with Crippen LogP contribution in [0.25, 0.3) is 0 Å². The number of hydrogen-bond donors (Lipinski definition) is 3. The van der Waals surface area contributed by atoms with Gasteiger partial charge in [0.25, 0.3) is 5.56 Å². The summed E-state index contributed by atoms with van der Waals surface area (Å²) in [5, 5.41) is 3.10. The number of aromatic nitrogens is 2. The van der Waals surface area contributed by atoms with Crippen LogP contribution in [-0.2, 0) is 6.54 Å². The van der Waals surface area contributed by atoms with Crippen LogP contribution < -0.4 is 22.3 Å². The van der Waals surface area contributed by atoms with E-state index >= 15 is 0 Å². The Kier molecular flexibility index (Phi) is 5.60. The number of H-pyrrole nitrogens is 1. The predicted octanol–water partition coefficient (Wildman–Crippen LogP) is 0.529. The normalized spacial score (nSPS) is 11.9. The van der Waals surface area contributed by atoms with Gasteiger partial charge in [0, 0.05) is 19.6 Å². The summed E-state index contributed by atoms with van der Waals surface area (Å²) in [6, 6.07) is 0. The molecule has 0 saturated carbocycles. The second kappa shape index (κ2) is 6.80. The quantitative estimate of drug-likeness (QED) is 0.682. The zero-order valence-electron chi connectivity index (χ0n) is 13.6. The maximum absolute atomic E-state index is 11.9. The minimum atomic E-state index is -0.467. The highest BCUT2D eigenvalue weighted by Crippen LogP contribution is 2.18. The number of nitrogen functional groups attached to an aromatic ring is 1. The number of nitrogens with one attached hydrogen (secondary N) is 2. The molecular weight excluding hydrogens is 270 g/mol. The van der Waals surface area contributed by atoms with Crippen molar-refractivity contribution in [1.29, 1.82) is 0 Å². The van der Waals surface area contributed by atoms with Gasteiger partial charge in [-0.15, -0.1) is 0 Å². The summed E-state index contributed by atoms with van der Waals surface area (Å²) in [5.41, 5.74) is 5.28. The van der Waals surface area contributed by atoms with E-state index in [1.54, 1.807) is 0 Å². The molecule has 0 unspecified atom stereocenters. The molecule has 1 aromatic rings. The Bertz CT molecular complexity index is 586. The maximum atomic E-state index is 11.9. The minimum absolute atomic E-state index is 0.0336. The van der Waals surface area contributed by atoms with Gasteiger partial charge in [0.15, 0.2) is 0 Å². The molecule has 0 aliphatic rings. The summed E-state index contributed by atoms with van der Waals surface area (Å²) >= 11 is 0. The fraction of sp³-hybridized carbons (Fsp3) is 0.714. The molecule has 0 fully saturated rings. The Labute approximate surface area is 125 Å². The molecule has 0 spiro atoms. The average molecular weight is 297 g/mol. The monoisotopic (exact) mass is 297 g/mol. The Balaban J connectivity index is 3.01. The number of hydrogen-bond acceptors (Lipinski definition) is 5. The van der Waals surface area contributed by atoms with E-state index in [9.17, 15) is 9.59 Å². The van der Waals surface area contributed by atoms with E-state index < -0.39 is 11.2 Å². The van der Waals surface area contributed by atoms with Gasteiger partial charge in [0.05, 0.1) is 0 Å². The first-order valence-corrected chi connectivity index (χ1v) is 7.19. The van der Waals surface area contributed by atoms with Gasteiger partial charge < -0.3 is 16.0 Å². The Morgan fingerprint density at radius 2 is 1.95 bits per heavy atom. The number of anilines is 2. The molecule has 1 rings (SSSR count). The molecule has 0 aliphatic carbocycles. The third-order valence-corrected chi connectivity index (χ3v) is 3.17. The van der Waals surface area contributed by atoms with Crippen LogP contribution in [0.4, 0.5) is 11.5 Å². The van der Waals surface area contributed by atoms with Crippen molar-refractivity contribution < 1.29 is 0 Å². The molecular formula is C14H27N5O2. The zero-order chi connectivity index (χ0) is 16.2. The predicted molar refractivity (Wildman–Crippen MR) is 86.9 cm³/mol. The molecule has 0 aliphatic heterocycles. The smallest absolute Gasteiger partial charge is 0.330 e. The van der Waals surface area contributed by atoms with Crippen molar-refractivity contribution in [2.75, 3.05) is 38.2 Å². The molecule has 120 valence electrons. The first-order valence-electron chi connectivity index (χ1n) is 7.19. The van der Waals surface area contributed by atoms with E-state index in [0.717, 1.165) is 13.0 Å². The molecule has 0 aromatic carbocycles. The van der Waals surface area contributed by atoms with E-state index in [-0.39, 0.29) is 16.9 Å². The highest BCUT2D eigenvalue weighted by atomic mass is 16.2. The molecule has 7 heteroatoms. The molecule has 0 saturated heterocycles. The standard InChI is InChI=1S/C14H27N5O2/c1-6-7-19-11(15)10(12(20)17-13(19)21)16-8-14(2,3)9-18(4)5/h16H,6-9,15H2,1-5H3,(H,17,20,21). The Morgan fingerprint density at radius 3 is 2.48 bits per heavy atom. The molecule has 1 heterocycles. The summed E-state index contributed by atoms with van der Waals surface area (Å²) in [6.07, 6.45) is 0.766. The van der Waals surface area contributed by atoms with Crippen molar-refractivity contribution in [3.8, 4) is 0 Å². The van der Waals surface area contributed by atoms with Gasteiger partial charge in [-0.3, -0.25) is 14.3 Å². The summed E-state index contributed by atoms with van der Waals surface area (Å²) in [4.78, 5) is 28.1. The van der Waals surface area contributed by atoms with Crippen LogP contribution in [0.2, 0.25) is 0 Å². The number of rotatable bonds is 7. The van der Waals surface area contributed by atoms with E-state index in [2.05, 4.69) is 29.0 Å². The van der Waals surface area contributed by atoms with Gasteiger partial charge in [-0.25, -0.2) is 4.79 Å². The van der Waals surface area contributed by atoms with Crippen molar-refractivity contribution in [1.82, 2.24) is 14.5 Å². The lowest BCUT2D eigenvalue weighted by atomic mass is 9.93. The van der Waals surface area contributed by atoms with E-state index in [0.29, 0.717) is 13.1 Å². The van der Waals surface area contributed by atoms with Crippen LogP contribution in [-0.4, -0.2) is 41.6 Å². The van der Waals surface area contributed by atoms with Gasteiger partial charge in [-0.1, -0.05) is 20.8 Å². The van der Waals surface area contributed by atoms with E-state index in [1.807, 2.05) is 21.0 Å². The largest absolute Gasteiger partial charge is 0.383 e. The highest BCUT2D eigenvalue weighted by Gasteiger charge is 2.20. The second-order valence-corrected chi connectivity index (χ2v) is 6.43. The summed E-state index contributed by atoms with van der Waals surface area (Å²) in [7, 11) is 4.01. The zero-order valence-corrected chi connectivity index (χ0v) is 13.6. The van der Waals surface area contributed by atoms with Gasteiger partial charge in [-0.2, -0.15) is 0 Å². The number of aromatic amines is 1. The van der Waals surface area contributed by atoms with Gasteiger partial charge in [0.2, 0.25) is 0 Å². The second-order valence-electron chi connectivity index (χ2n) is 6.43. The van der Waals surface area contributed by atoms with Crippen LogP contribution in [0.15, 0.2) is 9.59 Å². The fourth-order valence-electron chi connectivity index (χ4n) is 2.44. The van der Waals surface area contributed by atoms with E-state index in [1.165, 1.54) is 4.57 Å². The topological polar surface area (TPSA) is 96.2 Å². The molecule has 0 amide bonds. The molecule has 7 nitrogen and oxygen atoms in total. The molecule has 1 aromatic heterocycles. The SMILES string of the molecule is CCCn1c(N)c(NCC(C)(C)CN(C)C)c(=O)[nH]c1=O. The lowest BCUT2D eigenvalue weighted by Crippen LogP contribution is -2.38. The Morgan fingerprint density at radius 1 is 1.33 bits per heavy atom. The van der Waals surface area contributed by atoms with Crippen LogP contribution in [0, 0.1) is 5.41 Å². The molecule has 0 bridgehead atoms. The average Bonchev–Trinajstić information content (AvgIpc) is 2.32. The van der Waals surface area contributed by atoms with Gasteiger partial charge in [0.1, 0.15) is 11.5 Å². The third kappa shape index (κ3) is 4.63. The van der Waals surface area contributed by atoms with Gasteiger partial charge >= 0.3 is 5.69 Å². The van der Waals surface area contributed by atoms with Crippen molar-refractivity contribution in [3.05, 3.63) is 20.8 Å². The van der Waals surface area contributed by atoms with Crippen LogP contribution in [0.5, 0.6) is 0 Å². The first-order chi connectivity index (χ1) is 9.68. The highest BCUT2D eigenvalue weighted by molar-refractivity contribution is 5.60. The first kappa shape index (κ1) is 17.3. The van der Waals surface area contributed by atoms with Crippen molar-refractivity contribution in [2.24, 2.45) is 5.41 Å². The number of nitrogens with zero attached hydrogens (tertiary/aromatic N) is 2. The lowest BCUT2D eigenvalue weighted by Gasteiger charge is -2.29. The van der Waals surface area contributed by atoms with Crippen LogP contribution >= 0.6 is 0 Å². The summed E-state index contributed by atoms with van der Waals surface area (Å²) in [5.74, 6) is 0.200. The van der Waals surface area contributed by atoms with Crippen molar-refractivity contribution >= 4 is 11.5 Å². The summed E-state index contributed by atoms with van der Waals surface area (Å²) < 4.78 is 1.39. The molecule has 21 heavy (non-hydrogen) atoms. The number of nitrogens with two attached hydrogens (primary N) is 1. The lowest BCUT2D eigenvalue weighted by molar-refractivity contribution is 0.254.